The van der Waals surface area contributed by atoms with E-state index < -0.39 is 47.9 Å². The normalized spacial score (nSPS) is 15.6. The second-order valence-corrected chi connectivity index (χ2v) is 8.24. The van der Waals surface area contributed by atoms with Crippen molar-refractivity contribution in [3.05, 3.63) is 0 Å². The smallest absolute Gasteiger partial charge is 0.326 e. The van der Waals surface area contributed by atoms with Crippen molar-refractivity contribution in [1.29, 1.82) is 0 Å². The van der Waals surface area contributed by atoms with Crippen LogP contribution in [0.1, 0.15) is 53.9 Å². The quantitative estimate of drug-likeness (QED) is 0.0935. The lowest BCUT2D eigenvalue weighted by atomic mass is 9.97. The van der Waals surface area contributed by atoms with Crippen LogP contribution in [0.5, 0.6) is 0 Å². The summed E-state index contributed by atoms with van der Waals surface area (Å²) in [5.41, 5.74) is 16.2. The third-order valence-corrected chi connectivity index (χ3v) is 5.02. The molecule has 5 unspecified atom stereocenters. The third kappa shape index (κ3) is 10.4. The Kier molecular flexibility index (Phi) is 12.9. The number of carbonyl (C=O) groups is 4. The number of hydrogen-bond acceptors (Lipinski definition) is 6. The van der Waals surface area contributed by atoms with Gasteiger partial charge in [-0.3, -0.25) is 19.4 Å². The first-order chi connectivity index (χ1) is 14.8. The summed E-state index contributed by atoms with van der Waals surface area (Å²) >= 11 is 0. The SMILES string of the molecule is CCC(C)C(NC(=O)C(C)N)C(=O)NC(CCCN=C(N)N)C(=O)NC(C(=O)O)C(C)C. The zero-order valence-corrected chi connectivity index (χ0v) is 19.6. The number of nitrogens with zero attached hydrogens (tertiary/aromatic N) is 1. The minimum Gasteiger partial charge on any atom is -0.480 e. The number of carbonyl (C=O) groups excluding carboxylic acids is 3. The fourth-order valence-electron chi connectivity index (χ4n) is 2.79. The molecule has 0 aromatic heterocycles. The van der Waals surface area contributed by atoms with E-state index >= 15 is 0 Å². The molecule has 10 N–H and O–H groups in total. The van der Waals surface area contributed by atoms with Gasteiger partial charge in [-0.15, -0.1) is 0 Å². The topological polar surface area (TPSA) is 215 Å². The molecule has 0 aromatic carbocycles. The molecular weight excluding hydrogens is 418 g/mol. The summed E-state index contributed by atoms with van der Waals surface area (Å²) in [6.45, 7) is 8.70. The zero-order valence-electron chi connectivity index (χ0n) is 19.6. The number of carboxylic acid groups (broad SMARTS) is 1. The fraction of sp³-hybridized carbons (Fsp3) is 0.750. The molecule has 12 heteroatoms. The van der Waals surface area contributed by atoms with Gasteiger partial charge in [-0.1, -0.05) is 34.1 Å². The van der Waals surface area contributed by atoms with E-state index in [-0.39, 0.29) is 30.8 Å². The molecule has 0 aliphatic rings. The van der Waals surface area contributed by atoms with Crippen molar-refractivity contribution in [3.8, 4) is 0 Å². The van der Waals surface area contributed by atoms with E-state index in [1.54, 1.807) is 20.8 Å². The number of rotatable bonds is 14. The molecule has 0 fully saturated rings. The van der Waals surface area contributed by atoms with Crippen molar-refractivity contribution in [2.24, 2.45) is 34.0 Å². The van der Waals surface area contributed by atoms with Crippen LogP contribution in [0.15, 0.2) is 4.99 Å². The molecule has 0 aliphatic heterocycles. The fourth-order valence-corrected chi connectivity index (χ4v) is 2.79. The van der Waals surface area contributed by atoms with Crippen molar-refractivity contribution >= 4 is 29.7 Å². The number of hydrogen-bond donors (Lipinski definition) is 7. The van der Waals surface area contributed by atoms with Crippen LogP contribution in [-0.4, -0.2) is 65.5 Å². The van der Waals surface area contributed by atoms with Crippen LogP contribution in [0.4, 0.5) is 0 Å². The summed E-state index contributed by atoms with van der Waals surface area (Å²) < 4.78 is 0. The highest BCUT2D eigenvalue weighted by molar-refractivity contribution is 5.94. The lowest BCUT2D eigenvalue weighted by molar-refractivity contribution is -0.143. The van der Waals surface area contributed by atoms with Crippen LogP contribution in [0.3, 0.4) is 0 Å². The maximum atomic E-state index is 13.0. The largest absolute Gasteiger partial charge is 0.480 e. The van der Waals surface area contributed by atoms with Crippen LogP contribution >= 0.6 is 0 Å². The molecule has 0 rings (SSSR count). The molecule has 5 atom stereocenters. The number of carboxylic acids is 1. The van der Waals surface area contributed by atoms with Crippen LogP contribution in [-0.2, 0) is 19.2 Å². The van der Waals surface area contributed by atoms with Gasteiger partial charge in [-0.05, 0) is 31.6 Å². The average molecular weight is 458 g/mol. The van der Waals surface area contributed by atoms with Gasteiger partial charge in [0.1, 0.15) is 18.1 Å². The lowest BCUT2D eigenvalue weighted by Crippen LogP contribution is -2.58. The Balaban J connectivity index is 5.58. The molecular formula is C20H39N7O5. The number of guanidine groups is 1. The van der Waals surface area contributed by atoms with Crippen molar-refractivity contribution in [1.82, 2.24) is 16.0 Å². The summed E-state index contributed by atoms with van der Waals surface area (Å²) in [5, 5.41) is 17.1. The highest BCUT2D eigenvalue weighted by Gasteiger charge is 2.32. The van der Waals surface area contributed by atoms with Crippen molar-refractivity contribution in [3.63, 3.8) is 0 Å². The Bertz CT molecular complexity index is 677. The van der Waals surface area contributed by atoms with Gasteiger partial charge in [0.2, 0.25) is 17.7 Å². The van der Waals surface area contributed by atoms with E-state index in [0.717, 1.165) is 0 Å². The molecule has 32 heavy (non-hydrogen) atoms. The Morgan fingerprint density at radius 2 is 1.47 bits per heavy atom. The molecule has 0 bridgehead atoms. The van der Waals surface area contributed by atoms with Gasteiger partial charge in [-0.2, -0.15) is 0 Å². The molecule has 3 amide bonds. The standard InChI is InChI=1S/C20H39N7O5/c1-6-11(4)15(27-16(28)12(5)21)18(30)25-13(8-7-9-24-20(22)23)17(29)26-14(10(2)3)19(31)32/h10-15H,6-9,21H2,1-5H3,(H,25,30)(H,26,29)(H,27,28)(H,31,32)(H4,22,23,24). The van der Waals surface area contributed by atoms with E-state index in [4.69, 9.17) is 17.2 Å². The minimum atomic E-state index is -1.18. The zero-order chi connectivity index (χ0) is 25.0. The molecule has 0 saturated carbocycles. The molecule has 0 aliphatic carbocycles. The van der Waals surface area contributed by atoms with Gasteiger partial charge >= 0.3 is 5.97 Å². The summed E-state index contributed by atoms with van der Waals surface area (Å²) in [6.07, 6.45) is 1.11. The number of nitrogens with one attached hydrogen (secondary N) is 3. The van der Waals surface area contributed by atoms with E-state index in [1.165, 1.54) is 6.92 Å². The molecule has 184 valence electrons. The van der Waals surface area contributed by atoms with Crippen molar-refractivity contribution < 1.29 is 24.3 Å². The average Bonchev–Trinajstić information content (AvgIpc) is 2.70. The van der Waals surface area contributed by atoms with Gasteiger partial charge in [0, 0.05) is 6.54 Å². The predicted octanol–water partition coefficient (Wildman–Crippen LogP) is -1.37. The summed E-state index contributed by atoms with van der Waals surface area (Å²) in [6, 6.07) is -3.89. The summed E-state index contributed by atoms with van der Waals surface area (Å²) in [4.78, 5) is 53.2. The van der Waals surface area contributed by atoms with E-state index in [0.29, 0.717) is 12.8 Å². The minimum absolute atomic E-state index is 0.101. The van der Waals surface area contributed by atoms with Gasteiger partial charge in [0.25, 0.3) is 0 Å². The maximum Gasteiger partial charge on any atom is 0.326 e. The van der Waals surface area contributed by atoms with Crippen LogP contribution in [0.25, 0.3) is 0 Å². The Morgan fingerprint density at radius 1 is 0.906 bits per heavy atom. The van der Waals surface area contributed by atoms with Gasteiger partial charge < -0.3 is 38.3 Å². The Morgan fingerprint density at radius 3 is 1.91 bits per heavy atom. The second kappa shape index (κ2) is 14.2. The van der Waals surface area contributed by atoms with Gasteiger partial charge in [-0.25, -0.2) is 4.79 Å². The van der Waals surface area contributed by atoms with Gasteiger partial charge in [0.05, 0.1) is 6.04 Å². The van der Waals surface area contributed by atoms with Gasteiger partial charge in [0.15, 0.2) is 5.96 Å². The highest BCUT2D eigenvalue weighted by Crippen LogP contribution is 2.10. The number of nitrogens with two attached hydrogens (primary N) is 3. The molecule has 0 radical (unpaired) electrons. The van der Waals surface area contributed by atoms with Crippen LogP contribution in [0, 0.1) is 11.8 Å². The van der Waals surface area contributed by atoms with E-state index in [9.17, 15) is 24.3 Å². The maximum absolute atomic E-state index is 13.0. The van der Waals surface area contributed by atoms with E-state index in [2.05, 4.69) is 20.9 Å². The van der Waals surface area contributed by atoms with Crippen molar-refractivity contribution in [2.75, 3.05) is 6.54 Å². The van der Waals surface area contributed by atoms with Crippen molar-refractivity contribution in [2.45, 2.75) is 78.0 Å². The monoisotopic (exact) mass is 457 g/mol. The lowest BCUT2D eigenvalue weighted by Gasteiger charge is -2.28. The molecule has 0 aromatic rings. The number of aliphatic carboxylic acids is 1. The molecule has 12 nitrogen and oxygen atoms in total. The Labute approximate surface area is 189 Å². The third-order valence-electron chi connectivity index (χ3n) is 5.02. The van der Waals surface area contributed by atoms with Crippen LogP contribution < -0.4 is 33.2 Å². The summed E-state index contributed by atoms with van der Waals surface area (Å²) in [7, 11) is 0. The van der Waals surface area contributed by atoms with E-state index in [1.807, 2.05) is 6.92 Å². The van der Waals surface area contributed by atoms with Crippen LogP contribution in [0.2, 0.25) is 0 Å². The summed E-state index contributed by atoms with van der Waals surface area (Å²) in [5.74, 6) is -3.59. The molecule has 0 spiro atoms. The Hall–Kier alpha value is -2.89. The first kappa shape index (κ1) is 29.1. The first-order valence-corrected chi connectivity index (χ1v) is 10.8. The molecule has 0 heterocycles. The number of aliphatic imine (C=N–C) groups is 1. The number of amides is 3. The second-order valence-electron chi connectivity index (χ2n) is 8.24. The molecule has 0 saturated heterocycles. The first-order valence-electron chi connectivity index (χ1n) is 10.8. The highest BCUT2D eigenvalue weighted by atomic mass is 16.4. The predicted molar refractivity (Wildman–Crippen MR) is 121 cm³/mol.